The van der Waals surface area contributed by atoms with Gasteiger partial charge >= 0.3 is 0 Å². The fourth-order valence-electron chi connectivity index (χ4n) is 3.54. The minimum Gasteiger partial charge on any atom is -0.355 e. The van der Waals surface area contributed by atoms with E-state index in [-0.39, 0.29) is 37.8 Å². The number of aromatic nitrogens is 1. The molecule has 162 valence electrons. The van der Waals surface area contributed by atoms with Gasteiger partial charge in [0.05, 0.1) is 4.90 Å². The van der Waals surface area contributed by atoms with Gasteiger partial charge in [-0.1, -0.05) is 28.9 Å². The lowest BCUT2D eigenvalue weighted by molar-refractivity contribution is 0.0687. The van der Waals surface area contributed by atoms with E-state index >= 15 is 0 Å². The molecule has 1 aromatic heterocycles. The van der Waals surface area contributed by atoms with E-state index in [9.17, 15) is 13.2 Å². The van der Waals surface area contributed by atoms with Crippen LogP contribution in [0.15, 0.2) is 57.9 Å². The Morgan fingerprint density at radius 3 is 2.35 bits per heavy atom. The first-order valence-electron chi connectivity index (χ1n) is 9.85. The normalized spacial score (nSPS) is 15.3. The van der Waals surface area contributed by atoms with Crippen molar-refractivity contribution >= 4 is 27.5 Å². The second-order valence-electron chi connectivity index (χ2n) is 7.55. The molecule has 2 aromatic carbocycles. The fraction of sp³-hybridized carbons (Fsp3) is 0.273. The van der Waals surface area contributed by atoms with Crippen LogP contribution >= 0.6 is 11.6 Å². The second kappa shape index (κ2) is 8.45. The van der Waals surface area contributed by atoms with Crippen molar-refractivity contribution in [3.63, 3.8) is 0 Å². The minimum atomic E-state index is -3.61. The highest BCUT2D eigenvalue weighted by Crippen LogP contribution is 2.25. The van der Waals surface area contributed by atoms with Gasteiger partial charge < -0.3 is 9.42 Å². The van der Waals surface area contributed by atoms with E-state index in [1.54, 1.807) is 48.2 Å². The quantitative estimate of drug-likeness (QED) is 0.593. The summed E-state index contributed by atoms with van der Waals surface area (Å²) < 4.78 is 32.9. The summed E-state index contributed by atoms with van der Waals surface area (Å²) in [7, 11) is -3.61. The highest BCUT2D eigenvalue weighted by atomic mass is 35.5. The Hall–Kier alpha value is -2.68. The molecule has 0 bridgehead atoms. The molecule has 3 aromatic rings. The van der Waals surface area contributed by atoms with E-state index in [4.69, 9.17) is 16.1 Å². The molecule has 9 heteroatoms. The molecule has 1 aliphatic rings. The summed E-state index contributed by atoms with van der Waals surface area (Å²) in [4.78, 5) is 14.7. The van der Waals surface area contributed by atoms with Gasteiger partial charge in [0.2, 0.25) is 10.0 Å². The zero-order chi connectivity index (χ0) is 22.2. The van der Waals surface area contributed by atoms with Crippen LogP contribution < -0.4 is 0 Å². The molecule has 0 atom stereocenters. The van der Waals surface area contributed by atoms with Crippen LogP contribution in [0.1, 0.15) is 21.6 Å². The molecular weight excluding hydrogens is 438 g/mol. The molecule has 0 N–H and O–H groups in total. The Morgan fingerprint density at radius 2 is 1.68 bits per heavy atom. The number of halogens is 1. The standard InChI is InChI=1S/C22H22ClN3O4S/c1-15-3-4-16(2)21(13-15)31(28,29)26-11-9-25(10-12-26)22(27)19-14-20(30-24-19)17-5-7-18(23)8-6-17/h3-8,13-14H,9-12H2,1-2H3. The molecule has 7 nitrogen and oxygen atoms in total. The molecule has 1 fully saturated rings. The average Bonchev–Trinajstić information content (AvgIpc) is 3.25. The lowest BCUT2D eigenvalue weighted by Gasteiger charge is -2.33. The number of amides is 1. The van der Waals surface area contributed by atoms with Crippen molar-refractivity contribution in [2.75, 3.05) is 26.2 Å². The smallest absolute Gasteiger partial charge is 0.276 e. The SMILES string of the molecule is Cc1ccc(C)c(S(=O)(=O)N2CCN(C(=O)c3cc(-c4ccc(Cl)cc4)on3)CC2)c1. The van der Waals surface area contributed by atoms with Crippen LogP contribution in [-0.2, 0) is 10.0 Å². The number of rotatable bonds is 4. The summed E-state index contributed by atoms with van der Waals surface area (Å²) >= 11 is 5.90. The lowest BCUT2D eigenvalue weighted by atomic mass is 10.1. The first kappa shape index (κ1) is 21.5. The van der Waals surface area contributed by atoms with Crippen molar-refractivity contribution in [1.29, 1.82) is 0 Å². The predicted molar refractivity (Wildman–Crippen MR) is 118 cm³/mol. The van der Waals surface area contributed by atoms with Gasteiger partial charge in [0, 0.05) is 42.8 Å². The molecule has 0 aliphatic carbocycles. The van der Waals surface area contributed by atoms with Gasteiger partial charge in [-0.05, 0) is 55.3 Å². The van der Waals surface area contributed by atoms with Crippen LogP contribution in [0.3, 0.4) is 0 Å². The number of benzene rings is 2. The molecule has 31 heavy (non-hydrogen) atoms. The predicted octanol–water partition coefficient (Wildman–Crippen LogP) is 3.76. The number of sulfonamides is 1. The number of piperazine rings is 1. The zero-order valence-corrected chi connectivity index (χ0v) is 18.8. The third-order valence-electron chi connectivity index (χ3n) is 5.35. The van der Waals surface area contributed by atoms with E-state index < -0.39 is 10.0 Å². The molecule has 0 radical (unpaired) electrons. The molecule has 4 rings (SSSR count). The Morgan fingerprint density at radius 1 is 1.00 bits per heavy atom. The van der Waals surface area contributed by atoms with E-state index in [1.165, 1.54) is 4.31 Å². The van der Waals surface area contributed by atoms with Crippen LogP contribution in [0.5, 0.6) is 0 Å². The minimum absolute atomic E-state index is 0.191. The van der Waals surface area contributed by atoms with E-state index in [1.807, 2.05) is 19.1 Å². The highest BCUT2D eigenvalue weighted by Gasteiger charge is 2.32. The van der Waals surface area contributed by atoms with Crippen molar-refractivity contribution in [3.8, 4) is 11.3 Å². The number of aryl methyl sites for hydroxylation is 2. The summed E-state index contributed by atoms with van der Waals surface area (Å²) in [6.07, 6.45) is 0. The first-order chi connectivity index (χ1) is 14.8. The largest absolute Gasteiger partial charge is 0.355 e. The van der Waals surface area contributed by atoms with Gasteiger partial charge in [-0.25, -0.2) is 8.42 Å². The highest BCUT2D eigenvalue weighted by molar-refractivity contribution is 7.89. The van der Waals surface area contributed by atoms with Crippen molar-refractivity contribution in [2.45, 2.75) is 18.7 Å². The fourth-order valence-corrected chi connectivity index (χ4v) is 5.40. The summed E-state index contributed by atoms with van der Waals surface area (Å²) in [6, 6.07) is 14.0. The maximum absolute atomic E-state index is 13.1. The van der Waals surface area contributed by atoms with Gasteiger partial charge in [0.1, 0.15) is 0 Å². The summed E-state index contributed by atoms with van der Waals surface area (Å²) in [5.74, 6) is 0.184. The van der Waals surface area contributed by atoms with Gasteiger partial charge in [-0.15, -0.1) is 0 Å². The Balaban J connectivity index is 1.45. The van der Waals surface area contributed by atoms with E-state index in [0.717, 1.165) is 11.1 Å². The number of carbonyl (C=O) groups is 1. The molecule has 0 saturated carbocycles. The zero-order valence-electron chi connectivity index (χ0n) is 17.2. The number of hydrogen-bond donors (Lipinski definition) is 0. The van der Waals surface area contributed by atoms with E-state index in [2.05, 4.69) is 5.16 Å². The monoisotopic (exact) mass is 459 g/mol. The van der Waals surface area contributed by atoms with Gasteiger partial charge in [0.15, 0.2) is 11.5 Å². The van der Waals surface area contributed by atoms with E-state index in [0.29, 0.717) is 21.2 Å². The first-order valence-corrected chi connectivity index (χ1v) is 11.7. The van der Waals surface area contributed by atoms with Gasteiger partial charge in [-0.3, -0.25) is 4.79 Å². The van der Waals surface area contributed by atoms with Gasteiger partial charge in [-0.2, -0.15) is 4.31 Å². The third kappa shape index (κ3) is 4.37. The van der Waals surface area contributed by atoms with Gasteiger partial charge in [0.25, 0.3) is 5.91 Å². The summed E-state index contributed by atoms with van der Waals surface area (Å²) in [5, 5.41) is 4.50. The summed E-state index contributed by atoms with van der Waals surface area (Å²) in [6.45, 7) is 4.67. The molecule has 1 saturated heterocycles. The Bertz CT molecular complexity index is 1210. The molecule has 1 aliphatic heterocycles. The molecule has 1 amide bonds. The van der Waals surface area contributed by atoms with Crippen LogP contribution in [0.25, 0.3) is 11.3 Å². The van der Waals surface area contributed by atoms with Crippen molar-refractivity contribution < 1.29 is 17.7 Å². The number of hydrogen-bond acceptors (Lipinski definition) is 5. The molecular formula is C22H22ClN3O4S. The topological polar surface area (TPSA) is 83.7 Å². The second-order valence-corrected chi connectivity index (χ2v) is 9.89. The Kier molecular flexibility index (Phi) is 5.88. The molecule has 2 heterocycles. The van der Waals surface area contributed by atoms with Crippen molar-refractivity contribution in [3.05, 3.63) is 70.4 Å². The average molecular weight is 460 g/mol. The summed E-state index contributed by atoms with van der Waals surface area (Å²) in [5.41, 5.74) is 2.55. The Labute approximate surface area is 186 Å². The molecule has 0 unspecified atom stereocenters. The van der Waals surface area contributed by atoms with Crippen LogP contribution in [-0.4, -0.2) is 54.9 Å². The van der Waals surface area contributed by atoms with Crippen molar-refractivity contribution in [2.24, 2.45) is 0 Å². The maximum Gasteiger partial charge on any atom is 0.276 e. The molecule has 0 spiro atoms. The lowest BCUT2D eigenvalue weighted by Crippen LogP contribution is -2.50. The van der Waals surface area contributed by atoms with Crippen LogP contribution in [0.2, 0.25) is 5.02 Å². The van der Waals surface area contributed by atoms with Crippen LogP contribution in [0, 0.1) is 13.8 Å². The maximum atomic E-state index is 13.1. The van der Waals surface area contributed by atoms with Crippen molar-refractivity contribution in [1.82, 2.24) is 14.4 Å². The number of carbonyl (C=O) groups excluding carboxylic acids is 1. The third-order valence-corrected chi connectivity index (χ3v) is 7.64. The number of nitrogens with zero attached hydrogens (tertiary/aromatic N) is 3. The van der Waals surface area contributed by atoms with Crippen LogP contribution in [0.4, 0.5) is 0 Å².